The van der Waals surface area contributed by atoms with E-state index in [0.717, 1.165) is 27.3 Å². The highest BCUT2D eigenvalue weighted by Gasteiger charge is 2.24. The third kappa shape index (κ3) is 2.42. The van der Waals surface area contributed by atoms with E-state index in [4.69, 9.17) is 0 Å². The molecule has 0 saturated carbocycles. The number of hydrogen-bond acceptors (Lipinski definition) is 6. The van der Waals surface area contributed by atoms with E-state index in [0.29, 0.717) is 5.92 Å². The number of hydrazone groups is 1. The molecule has 0 fully saturated rings. The topological polar surface area (TPSA) is 50.2 Å². The van der Waals surface area contributed by atoms with Gasteiger partial charge in [0.15, 0.2) is 5.82 Å². The summed E-state index contributed by atoms with van der Waals surface area (Å²) in [5.74, 6) is 1.45. The van der Waals surface area contributed by atoms with E-state index < -0.39 is 0 Å². The molecular formula is C16H16N4S2. The van der Waals surface area contributed by atoms with Gasteiger partial charge in [0.2, 0.25) is 0 Å². The van der Waals surface area contributed by atoms with E-state index in [2.05, 4.69) is 27.4 Å². The first-order chi connectivity index (χ1) is 10.8. The van der Waals surface area contributed by atoms with Crippen LogP contribution in [0.3, 0.4) is 0 Å². The molecule has 112 valence electrons. The Morgan fingerprint density at radius 1 is 1.41 bits per heavy atom. The smallest absolute Gasteiger partial charge is 0.158 e. The Hall–Kier alpha value is -1.79. The number of nitrogens with one attached hydrogen (secondary N) is 1. The van der Waals surface area contributed by atoms with Gasteiger partial charge in [-0.25, -0.2) is 9.97 Å². The molecule has 1 N–H and O–H groups in total. The van der Waals surface area contributed by atoms with Crippen molar-refractivity contribution >= 4 is 44.9 Å². The van der Waals surface area contributed by atoms with Gasteiger partial charge in [0.05, 0.1) is 11.6 Å². The number of hydrogen-bond donors (Lipinski definition) is 1. The van der Waals surface area contributed by atoms with Crippen LogP contribution in [0, 0.1) is 0 Å². The van der Waals surface area contributed by atoms with Crippen molar-refractivity contribution in [2.45, 2.75) is 32.1 Å². The molecule has 0 spiro atoms. The summed E-state index contributed by atoms with van der Waals surface area (Å²) in [7, 11) is 0. The minimum Gasteiger partial charge on any atom is -0.261 e. The van der Waals surface area contributed by atoms with E-state index in [1.807, 2.05) is 35.1 Å². The fourth-order valence-corrected chi connectivity index (χ4v) is 4.84. The van der Waals surface area contributed by atoms with Crippen molar-refractivity contribution in [3.05, 3.63) is 39.2 Å². The molecule has 4 rings (SSSR count). The molecule has 4 nitrogen and oxygen atoms in total. The molecule has 0 aromatic carbocycles. The van der Waals surface area contributed by atoms with Gasteiger partial charge < -0.3 is 0 Å². The second kappa shape index (κ2) is 5.78. The van der Waals surface area contributed by atoms with Gasteiger partial charge in [0.1, 0.15) is 11.2 Å². The fraction of sp³-hybridized carbons (Fsp3) is 0.312. The van der Waals surface area contributed by atoms with Crippen LogP contribution in [0.1, 0.15) is 41.0 Å². The summed E-state index contributed by atoms with van der Waals surface area (Å²) in [6.07, 6.45) is 7.09. The highest BCUT2D eigenvalue weighted by Crippen LogP contribution is 2.43. The molecule has 3 aromatic rings. The van der Waals surface area contributed by atoms with Gasteiger partial charge in [0, 0.05) is 9.75 Å². The average Bonchev–Trinajstić information content (AvgIpc) is 3.16. The first-order valence-electron chi connectivity index (χ1n) is 7.42. The maximum absolute atomic E-state index is 4.46. The molecule has 1 aliphatic carbocycles. The fourth-order valence-electron chi connectivity index (χ4n) is 2.98. The standard InChI is InChI=1S/C16H16N4S2/c1-10-4-2-6-12-13-15(17-9-18-16(13)22-14(10)12)20-19-8-11-5-3-7-21-11/h3,5,7-10H,2,4,6H2,1H3,(H,17,18,20)/b19-8+. The van der Waals surface area contributed by atoms with Crippen LogP contribution in [0.5, 0.6) is 0 Å². The van der Waals surface area contributed by atoms with Gasteiger partial charge in [-0.2, -0.15) is 5.10 Å². The second-order valence-electron chi connectivity index (χ2n) is 5.53. The van der Waals surface area contributed by atoms with Gasteiger partial charge >= 0.3 is 0 Å². The Balaban J connectivity index is 1.71. The number of aromatic nitrogens is 2. The van der Waals surface area contributed by atoms with E-state index in [9.17, 15) is 0 Å². The quantitative estimate of drug-likeness (QED) is 0.563. The van der Waals surface area contributed by atoms with Gasteiger partial charge in [0.25, 0.3) is 0 Å². The lowest BCUT2D eigenvalue weighted by atomic mass is 9.89. The lowest BCUT2D eigenvalue weighted by molar-refractivity contribution is 0.604. The number of anilines is 1. The molecule has 0 amide bonds. The van der Waals surface area contributed by atoms with Crippen LogP contribution >= 0.6 is 22.7 Å². The molecule has 22 heavy (non-hydrogen) atoms. The van der Waals surface area contributed by atoms with Crippen LogP contribution in [0.2, 0.25) is 0 Å². The van der Waals surface area contributed by atoms with Crippen molar-refractivity contribution in [1.29, 1.82) is 0 Å². The SMILES string of the molecule is CC1CCCc2c1sc1ncnc(N/N=C/c3cccs3)c21. The predicted octanol–water partition coefficient (Wildman–Crippen LogP) is 4.64. The minimum atomic E-state index is 0.630. The van der Waals surface area contributed by atoms with Crippen LogP contribution in [-0.4, -0.2) is 16.2 Å². The molecule has 1 unspecified atom stereocenters. The third-order valence-corrected chi connectivity index (χ3v) is 6.21. The summed E-state index contributed by atoms with van der Waals surface area (Å²) < 4.78 is 0. The maximum Gasteiger partial charge on any atom is 0.158 e. The molecule has 3 heterocycles. The summed E-state index contributed by atoms with van der Waals surface area (Å²) in [6, 6.07) is 4.06. The lowest BCUT2D eigenvalue weighted by Gasteiger charge is -2.18. The summed E-state index contributed by atoms with van der Waals surface area (Å²) in [5.41, 5.74) is 4.53. The monoisotopic (exact) mass is 328 g/mol. The number of aryl methyl sites for hydroxylation is 1. The number of thiophene rings is 2. The molecule has 0 aliphatic heterocycles. The van der Waals surface area contributed by atoms with Gasteiger partial charge in [-0.3, -0.25) is 5.43 Å². The van der Waals surface area contributed by atoms with E-state index in [-0.39, 0.29) is 0 Å². The van der Waals surface area contributed by atoms with Crippen LogP contribution in [0.4, 0.5) is 5.82 Å². The van der Waals surface area contributed by atoms with Crippen LogP contribution in [-0.2, 0) is 6.42 Å². The van der Waals surface area contributed by atoms with E-state index >= 15 is 0 Å². The van der Waals surface area contributed by atoms with Crippen molar-refractivity contribution in [2.75, 3.05) is 5.43 Å². The Morgan fingerprint density at radius 3 is 3.23 bits per heavy atom. The normalized spacial score (nSPS) is 18.0. The molecule has 6 heteroatoms. The summed E-state index contributed by atoms with van der Waals surface area (Å²) in [6.45, 7) is 2.31. The highest BCUT2D eigenvalue weighted by atomic mass is 32.1. The minimum absolute atomic E-state index is 0.630. The van der Waals surface area contributed by atoms with Crippen LogP contribution in [0.25, 0.3) is 10.2 Å². The first kappa shape index (κ1) is 13.8. The lowest BCUT2D eigenvalue weighted by Crippen LogP contribution is -2.04. The van der Waals surface area contributed by atoms with E-state index in [1.165, 1.54) is 23.3 Å². The Kier molecular flexibility index (Phi) is 3.63. The Bertz CT molecular complexity index is 820. The summed E-state index contributed by atoms with van der Waals surface area (Å²) in [5, 5.41) is 7.54. The van der Waals surface area contributed by atoms with Crippen molar-refractivity contribution in [2.24, 2.45) is 5.10 Å². The van der Waals surface area contributed by atoms with Crippen molar-refractivity contribution in [1.82, 2.24) is 9.97 Å². The molecule has 3 aromatic heterocycles. The molecule has 0 radical (unpaired) electrons. The number of rotatable bonds is 3. The maximum atomic E-state index is 4.46. The first-order valence-corrected chi connectivity index (χ1v) is 9.11. The largest absolute Gasteiger partial charge is 0.261 e. The molecule has 0 bridgehead atoms. The second-order valence-corrected chi connectivity index (χ2v) is 7.54. The van der Waals surface area contributed by atoms with Crippen molar-refractivity contribution < 1.29 is 0 Å². The van der Waals surface area contributed by atoms with Crippen molar-refractivity contribution in [3.63, 3.8) is 0 Å². The van der Waals surface area contributed by atoms with Gasteiger partial charge in [-0.05, 0) is 42.2 Å². The van der Waals surface area contributed by atoms with Gasteiger partial charge in [-0.1, -0.05) is 13.0 Å². The zero-order valence-corrected chi connectivity index (χ0v) is 13.9. The predicted molar refractivity (Wildman–Crippen MR) is 94.3 cm³/mol. The average molecular weight is 328 g/mol. The molecule has 1 atom stereocenters. The highest BCUT2D eigenvalue weighted by molar-refractivity contribution is 7.19. The number of fused-ring (bicyclic) bond motifs is 3. The third-order valence-electron chi connectivity index (χ3n) is 4.04. The van der Waals surface area contributed by atoms with Crippen LogP contribution < -0.4 is 5.43 Å². The molecule has 0 saturated heterocycles. The van der Waals surface area contributed by atoms with Gasteiger partial charge in [-0.15, -0.1) is 22.7 Å². The van der Waals surface area contributed by atoms with E-state index in [1.54, 1.807) is 17.7 Å². The Morgan fingerprint density at radius 2 is 2.36 bits per heavy atom. The molecular weight excluding hydrogens is 312 g/mol. The van der Waals surface area contributed by atoms with Crippen LogP contribution in [0.15, 0.2) is 28.9 Å². The summed E-state index contributed by atoms with van der Waals surface area (Å²) >= 11 is 3.48. The number of nitrogens with zero attached hydrogens (tertiary/aromatic N) is 3. The molecule has 1 aliphatic rings. The zero-order chi connectivity index (χ0) is 14.9. The Labute approximate surface area is 136 Å². The zero-order valence-electron chi connectivity index (χ0n) is 12.2. The van der Waals surface area contributed by atoms with Crippen molar-refractivity contribution in [3.8, 4) is 0 Å². The summed E-state index contributed by atoms with van der Waals surface area (Å²) in [4.78, 5) is 12.5.